The molecule has 26 heavy (non-hydrogen) atoms. The fraction of sp³-hybridized carbons (Fsp3) is 0.409. The molecular formula is C22H27NO3. The molecule has 138 valence electrons. The molecule has 1 aliphatic rings. The SMILES string of the molecule is CC(C)(C)CC(O)CNC(=O)OCC1c2ccccc2-c2ccccc21. The summed E-state index contributed by atoms with van der Waals surface area (Å²) >= 11 is 0. The highest BCUT2D eigenvalue weighted by Gasteiger charge is 2.29. The van der Waals surface area contributed by atoms with Gasteiger partial charge in [0.25, 0.3) is 0 Å². The summed E-state index contributed by atoms with van der Waals surface area (Å²) in [6, 6.07) is 16.5. The van der Waals surface area contributed by atoms with Crippen molar-refractivity contribution in [3.63, 3.8) is 0 Å². The van der Waals surface area contributed by atoms with Gasteiger partial charge in [-0.25, -0.2) is 4.79 Å². The number of ether oxygens (including phenoxy) is 1. The summed E-state index contributed by atoms with van der Waals surface area (Å²) in [5.41, 5.74) is 4.81. The minimum atomic E-state index is -0.574. The lowest BCUT2D eigenvalue weighted by atomic mass is 9.89. The first kappa shape index (κ1) is 18.5. The molecule has 0 bridgehead atoms. The van der Waals surface area contributed by atoms with Crippen molar-refractivity contribution in [3.05, 3.63) is 59.7 Å². The number of aliphatic hydroxyl groups is 1. The van der Waals surface area contributed by atoms with Crippen LogP contribution in [0.2, 0.25) is 0 Å². The second-order valence-corrected chi connectivity index (χ2v) is 8.13. The number of amides is 1. The van der Waals surface area contributed by atoms with Crippen LogP contribution in [0.3, 0.4) is 0 Å². The lowest BCUT2D eigenvalue weighted by molar-refractivity contribution is 0.106. The van der Waals surface area contributed by atoms with Crippen LogP contribution in [0.25, 0.3) is 11.1 Å². The molecule has 2 aromatic carbocycles. The first-order valence-corrected chi connectivity index (χ1v) is 9.12. The van der Waals surface area contributed by atoms with Gasteiger partial charge in [-0.1, -0.05) is 69.3 Å². The first-order chi connectivity index (χ1) is 12.3. The number of hydrogen-bond donors (Lipinski definition) is 2. The smallest absolute Gasteiger partial charge is 0.407 e. The van der Waals surface area contributed by atoms with E-state index in [1.54, 1.807) is 0 Å². The maximum atomic E-state index is 12.0. The molecule has 1 aliphatic carbocycles. The predicted molar refractivity (Wildman–Crippen MR) is 103 cm³/mol. The van der Waals surface area contributed by atoms with Crippen LogP contribution in [0, 0.1) is 5.41 Å². The van der Waals surface area contributed by atoms with Crippen LogP contribution in [0.15, 0.2) is 48.5 Å². The lowest BCUT2D eigenvalue weighted by Gasteiger charge is -2.22. The summed E-state index contributed by atoms with van der Waals surface area (Å²) in [7, 11) is 0. The summed E-state index contributed by atoms with van der Waals surface area (Å²) in [4.78, 5) is 12.0. The Morgan fingerprint density at radius 1 is 1.08 bits per heavy atom. The summed E-state index contributed by atoms with van der Waals surface area (Å²) in [6.07, 6.45) is -0.438. The van der Waals surface area contributed by atoms with E-state index in [4.69, 9.17) is 4.74 Å². The number of fused-ring (bicyclic) bond motifs is 3. The highest BCUT2D eigenvalue weighted by molar-refractivity contribution is 5.79. The quantitative estimate of drug-likeness (QED) is 0.841. The molecule has 0 aliphatic heterocycles. The van der Waals surface area contributed by atoms with E-state index in [9.17, 15) is 9.90 Å². The van der Waals surface area contributed by atoms with Crippen molar-refractivity contribution in [2.24, 2.45) is 5.41 Å². The fourth-order valence-corrected chi connectivity index (χ4v) is 3.63. The molecule has 0 saturated carbocycles. The molecule has 1 unspecified atom stereocenters. The molecule has 2 aromatic rings. The van der Waals surface area contributed by atoms with Gasteiger partial charge in [0.05, 0.1) is 6.10 Å². The van der Waals surface area contributed by atoms with Crippen LogP contribution < -0.4 is 5.32 Å². The molecular weight excluding hydrogens is 326 g/mol. The molecule has 0 radical (unpaired) electrons. The van der Waals surface area contributed by atoms with Crippen molar-refractivity contribution in [1.29, 1.82) is 0 Å². The third kappa shape index (κ3) is 4.25. The predicted octanol–water partition coefficient (Wildman–Crippen LogP) is 4.32. The van der Waals surface area contributed by atoms with Crippen LogP contribution >= 0.6 is 0 Å². The van der Waals surface area contributed by atoms with Crippen LogP contribution in [0.5, 0.6) is 0 Å². The average Bonchev–Trinajstić information content (AvgIpc) is 2.91. The van der Waals surface area contributed by atoms with E-state index in [1.165, 1.54) is 22.3 Å². The number of nitrogens with one attached hydrogen (secondary N) is 1. The van der Waals surface area contributed by atoms with Crippen molar-refractivity contribution < 1.29 is 14.6 Å². The highest BCUT2D eigenvalue weighted by Crippen LogP contribution is 2.44. The van der Waals surface area contributed by atoms with Crippen LogP contribution in [0.1, 0.15) is 44.2 Å². The van der Waals surface area contributed by atoms with Crippen molar-refractivity contribution in [2.45, 2.75) is 39.2 Å². The summed E-state index contributed by atoms with van der Waals surface area (Å²) in [5.74, 6) is 0.0487. The van der Waals surface area contributed by atoms with E-state index in [1.807, 2.05) is 24.3 Å². The zero-order valence-corrected chi connectivity index (χ0v) is 15.7. The lowest BCUT2D eigenvalue weighted by Crippen LogP contribution is -2.35. The fourth-order valence-electron chi connectivity index (χ4n) is 3.63. The number of alkyl carbamates (subject to hydrolysis) is 1. The Kier molecular flexibility index (Phi) is 5.33. The molecule has 0 spiro atoms. The van der Waals surface area contributed by atoms with Crippen LogP contribution in [-0.4, -0.2) is 30.5 Å². The standard InChI is InChI=1S/C22H27NO3/c1-22(2,3)12-15(24)13-23-21(25)26-14-20-18-10-6-4-8-16(18)17-9-5-7-11-19(17)20/h4-11,15,20,24H,12-14H2,1-3H3,(H,23,25). The van der Waals surface area contributed by atoms with E-state index >= 15 is 0 Å². The molecule has 3 rings (SSSR count). The van der Waals surface area contributed by atoms with E-state index in [-0.39, 0.29) is 24.5 Å². The zero-order valence-electron chi connectivity index (χ0n) is 15.7. The van der Waals surface area contributed by atoms with Crippen molar-refractivity contribution in [3.8, 4) is 11.1 Å². The van der Waals surface area contributed by atoms with Gasteiger partial charge in [0, 0.05) is 12.5 Å². The second-order valence-electron chi connectivity index (χ2n) is 8.13. The van der Waals surface area contributed by atoms with Gasteiger partial charge in [0.15, 0.2) is 0 Å². The molecule has 0 heterocycles. The molecule has 0 aromatic heterocycles. The Bertz CT molecular complexity index is 733. The van der Waals surface area contributed by atoms with Gasteiger partial charge in [0.1, 0.15) is 6.61 Å². The van der Waals surface area contributed by atoms with Crippen molar-refractivity contribution in [2.75, 3.05) is 13.2 Å². The van der Waals surface area contributed by atoms with Gasteiger partial charge in [-0.15, -0.1) is 0 Å². The Hall–Kier alpha value is -2.33. The second kappa shape index (κ2) is 7.50. The number of carbonyl (C=O) groups excluding carboxylic acids is 1. The Morgan fingerprint density at radius 2 is 1.62 bits per heavy atom. The molecule has 1 atom stereocenters. The minimum Gasteiger partial charge on any atom is -0.449 e. The Balaban J connectivity index is 1.59. The van der Waals surface area contributed by atoms with Gasteiger partial charge < -0.3 is 15.2 Å². The topological polar surface area (TPSA) is 58.6 Å². The molecule has 1 amide bonds. The molecule has 0 fully saturated rings. The highest BCUT2D eigenvalue weighted by atomic mass is 16.5. The van der Waals surface area contributed by atoms with Gasteiger partial charge in [-0.3, -0.25) is 0 Å². The van der Waals surface area contributed by atoms with Crippen molar-refractivity contribution in [1.82, 2.24) is 5.32 Å². The number of hydrogen-bond acceptors (Lipinski definition) is 3. The van der Waals surface area contributed by atoms with Crippen LogP contribution in [-0.2, 0) is 4.74 Å². The van der Waals surface area contributed by atoms with E-state index in [0.717, 1.165) is 0 Å². The Morgan fingerprint density at radius 3 is 2.15 bits per heavy atom. The number of benzene rings is 2. The van der Waals surface area contributed by atoms with Gasteiger partial charge in [-0.05, 0) is 34.1 Å². The van der Waals surface area contributed by atoms with E-state index in [2.05, 4.69) is 50.4 Å². The van der Waals surface area contributed by atoms with E-state index < -0.39 is 12.2 Å². The normalized spacial score (nSPS) is 14.5. The molecule has 0 saturated heterocycles. The van der Waals surface area contributed by atoms with E-state index in [0.29, 0.717) is 6.42 Å². The maximum Gasteiger partial charge on any atom is 0.407 e. The Labute approximate surface area is 155 Å². The monoisotopic (exact) mass is 353 g/mol. The number of carbonyl (C=O) groups is 1. The zero-order chi connectivity index (χ0) is 18.7. The minimum absolute atomic E-state index is 0.0161. The number of aliphatic hydroxyl groups excluding tert-OH is 1. The third-order valence-corrected chi connectivity index (χ3v) is 4.67. The number of rotatable bonds is 5. The first-order valence-electron chi connectivity index (χ1n) is 9.12. The summed E-state index contributed by atoms with van der Waals surface area (Å²) in [5, 5.41) is 12.7. The van der Waals surface area contributed by atoms with Crippen molar-refractivity contribution >= 4 is 6.09 Å². The largest absolute Gasteiger partial charge is 0.449 e. The molecule has 2 N–H and O–H groups in total. The van der Waals surface area contributed by atoms with Gasteiger partial charge in [0.2, 0.25) is 0 Å². The third-order valence-electron chi connectivity index (χ3n) is 4.67. The van der Waals surface area contributed by atoms with Gasteiger partial charge >= 0.3 is 6.09 Å². The molecule has 4 heteroatoms. The van der Waals surface area contributed by atoms with Gasteiger partial charge in [-0.2, -0.15) is 0 Å². The summed E-state index contributed by atoms with van der Waals surface area (Å²) < 4.78 is 5.46. The van der Waals surface area contributed by atoms with Crippen LogP contribution in [0.4, 0.5) is 4.79 Å². The average molecular weight is 353 g/mol. The molecule has 4 nitrogen and oxygen atoms in total. The maximum absolute atomic E-state index is 12.0. The summed E-state index contributed by atoms with van der Waals surface area (Å²) in [6.45, 7) is 6.67.